The molecule has 4 rings (SSSR count). The summed E-state index contributed by atoms with van der Waals surface area (Å²) in [5.74, 6) is 0.230. The summed E-state index contributed by atoms with van der Waals surface area (Å²) in [6.45, 7) is 0.114. The van der Waals surface area contributed by atoms with Crippen LogP contribution in [-0.4, -0.2) is 34.1 Å². The van der Waals surface area contributed by atoms with Crippen molar-refractivity contribution in [1.82, 2.24) is 20.6 Å². The second-order valence-electron chi connectivity index (χ2n) is 8.72. The molecule has 2 atom stereocenters. The first kappa shape index (κ1) is 26.3. The minimum absolute atomic E-state index is 0.114. The lowest BCUT2D eigenvalue weighted by Gasteiger charge is -2.22. The maximum absolute atomic E-state index is 13.5. The van der Waals surface area contributed by atoms with Gasteiger partial charge in [0.1, 0.15) is 12.6 Å². The van der Waals surface area contributed by atoms with Gasteiger partial charge in [0.25, 0.3) is 0 Å². The van der Waals surface area contributed by atoms with Gasteiger partial charge in [0, 0.05) is 18.8 Å². The first-order chi connectivity index (χ1) is 18.7. The number of ether oxygens (including phenoxy) is 1. The molecule has 0 saturated heterocycles. The number of alkyl carbamates (subject to hydrolysis) is 1. The van der Waals surface area contributed by atoms with Crippen LogP contribution in [0.4, 0.5) is 4.79 Å². The summed E-state index contributed by atoms with van der Waals surface area (Å²) in [7, 11) is 0. The average Bonchev–Trinajstić information content (AvgIpc) is 2.96. The average molecular weight is 507 g/mol. The Balaban J connectivity index is 1.48. The molecule has 7 nitrogen and oxygen atoms in total. The molecule has 2 amide bonds. The molecule has 38 heavy (non-hydrogen) atoms. The Morgan fingerprint density at radius 1 is 0.711 bits per heavy atom. The van der Waals surface area contributed by atoms with Crippen LogP contribution in [-0.2, 0) is 29.0 Å². The molecule has 0 bridgehead atoms. The van der Waals surface area contributed by atoms with Crippen LogP contribution in [0.2, 0.25) is 0 Å². The molecule has 0 aliphatic heterocycles. The molecular formula is C31H30N4O3. The number of nitrogens with zero attached hydrogens (tertiary/aromatic N) is 2. The Morgan fingerprint density at radius 2 is 1.26 bits per heavy atom. The quantitative estimate of drug-likeness (QED) is 0.306. The Bertz CT molecular complexity index is 1300. The summed E-state index contributed by atoms with van der Waals surface area (Å²) in [5.41, 5.74) is 2.85. The van der Waals surface area contributed by atoms with E-state index in [1.807, 2.05) is 97.1 Å². The van der Waals surface area contributed by atoms with Gasteiger partial charge in [-0.1, -0.05) is 97.1 Å². The number of nitrogens with one attached hydrogen (secondary N) is 2. The number of amides is 2. The molecule has 0 saturated carbocycles. The van der Waals surface area contributed by atoms with Gasteiger partial charge in [-0.15, -0.1) is 0 Å². The van der Waals surface area contributed by atoms with E-state index in [1.54, 1.807) is 24.5 Å². The number of carbonyl (C=O) groups is 2. The summed E-state index contributed by atoms with van der Waals surface area (Å²) in [6, 6.07) is 29.4. The van der Waals surface area contributed by atoms with E-state index in [-0.39, 0.29) is 18.6 Å². The van der Waals surface area contributed by atoms with Crippen molar-refractivity contribution in [3.63, 3.8) is 0 Å². The fourth-order valence-corrected chi connectivity index (χ4v) is 3.88. The van der Waals surface area contributed by atoms with Crippen LogP contribution in [0, 0.1) is 0 Å². The van der Waals surface area contributed by atoms with Crippen molar-refractivity contribution in [2.75, 3.05) is 0 Å². The molecule has 0 aliphatic rings. The molecule has 4 aromatic rings. The summed E-state index contributed by atoms with van der Waals surface area (Å²) in [5, 5.41) is 5.84. The van der Waals surface area contributed by atoms with Gasteiger partial charge in [-0.05, 0) is 35.3 Å². The zero-order valence-corrected chi connectivity index (χ0v) is 20.9. The molecule has 0 fully saturated rings. The van der Waals surface area contributed by atoms with Gasteiger partial charge in [0.2, 0.25) is 5.91 Å². The van der Waals surface area contributed by atoms with Crippen molar-refractivity contribution in [2.24, 2.45) is 0 Å². The smallest absolute Gasteiger partial charge is 0.408 e. The van der Waals surface area contributed by atoms with Crippen LogP contribution in [0.15, 0.2) is 116 Å². The second kappa shape index (κ2) is 14.1. The van der Waals surface area contributed by atoms with Gasteiger partial charge >= 0.3 is 6.09 Å². The number of carbonyl (C=O) groups excluding carboxylic acids is 2. The highest BCUT2D eigenvalue weighted by Gasteiger charge is 2.24. The number of hydrogen-bond acceptors (Lipinski definition) is 5. The van der Waals surface area contributed by atoms with E-state index in [0.29, 0.717) is 18.7 Å². The summed E-state index contributed by atoms with van der Waals surface area (Å²) in [6.07, 6.45) is 7.20. The van der Waals surface area contributed by atoms with Crippen molar-refractivity contribution >= 4 is 18.1 Å². The van der Waals surface area contributed by atoms with Gasteiger partial charge in [0.15, 0.2) is 5.82 Å². The Morgan fingerprint density at radius 3 is 1.87 bits per heavy atom. The van der Waals surface area contributed by atoms with E-state index < -0.39 is 12.1 Å². The highest BCUT2D eigenvalue weighted by Crippen LogP contribution is 2.09. The first-order valence-electron chi connectivity index (χ1n) is 12.5. The third kappa shape index (κ3) is 8.71. The topological polar surface area (TPSA) is 93.2 Å². The lowest BCUT2D eigenvalue weighted by atomic mass is 10.0. The fourth-order valence-electron chi connectivity index (χ4n) is 3.88. The van der Waals surface area contributed by atoms with Crippen LogP contribution in [0.3, 0.4) is 0 Å². The highest BCUT2D eigenvalue weighted by molar-refractivity contribution is 5.86. The zero-order chi connectivity index (χ0) is 26.4. The van der Waals surface area contributed by atoms with Gasteiger partial charge in [-0.3, -0.25) is 4.79 Å². The lowest BCUT2D eigenvalue weighted by molar-refractivity contribution is -0.123. The minimum atomic E-state index is -0.833. The molecule has 3 aromatic carbocycles. The van der Waals surface area contributed by atoms with Crippen molar-refractivity contribution in [3.05, 3.63) is 138 Å². The SMILES string of the molecule is O=C(NC(Cc1ccccc1)C(=O)NC(C=Cc1ncccn1)Cc1ccccc1)OCc1ccccc1. The number of benzene rings is 3. The van der Waals surface area contributed by atoms with E-state index in [9.17, 15) is 9.59 Å². The fraction of sp³-hybridized carbons (Fsp3) is 0.161. The van der Waals surface area contributed by atoms with Crippen LogP contribution in [0.25, 0.3) is 6.08 Å². The molecule has 0 radical (unpaired) electrons. The Labute approximate surface area is 222 Å². The van der Waals surface area contributed by atoms with Gasteiger partial charge in [0.05, 0.1) is 6.04 Å². The Hall–Kier alpha value is -4.78. The molecule has 2 N–H and O–H groups in total. The van der Waals surface area contributed by atoms with Gasteiger partial charge < -0.3 is 15.4 Å². The predicted molar refractivity (Wildman–Crippen MR) is 147 cm³/mol. The molecule has 0 aliphatic carbocycles. The lowest BCUT2D eigenvalue weighted by Crippen LogP contribution is -2.50. The second-order valence-corrected chi connectivity index (χ2v) is 8.72. The summed E-state index contributed by atoms with van der Waals surface area (Å²) in [4.78, 5) is 34.6. The van der Waals surface area contributed by atoms with Crippen LogP contribution in [0.5, 0.6) is 0 Å². The molecule has 1 aromatic heterocycles. The van der Waals surface area contributed by atoms with Crippen molar-refractivity contribution in [3.8, 4) is 0 Å². The number of rotatable bonds is 11. The molecule has 7 heteroatoms. The van der Waals surface area contributed by atoms with E-state index >= 15 is 0 Å². The minimum Gasteiger partial charge on any atom is -0.445 e. The monoisotopic (exact) mass is 506 g/mol. The van der Waals surface area contributed by atoms with Crippen molar-refractivity contribution in [2.45, 2.75) is 31.5 Å². The first-order valence-corrected chi connectivity index (χ1v) is 12.5. The van der Waals surface area contributed by atoms with E-state index in [4.69, 9.17) is 4.74 Å². The third-order valence-corrected chi connectivity index (χ3v) is 5.79. The largest absolute Gasteiger partial charge is 0.445 e. The zero-order valence-electron chi connectivity index (χ0n) is 20.9. The van der Waals surface area contributed by atoms with Crippen LogP contribution in [0.1, 0.15) is 22.5 Å². The van der Waals surface area contributed by atoms with E-state index in [1.165, 1.54) is 0 Å². The van der Waals surface area contributed by atoms with Crippen molar-refractivity contribution < 1.29 is 14.3 Å². The molecule has 0 spiro atoms. The molecule has 1 heterocycles. The highest BCUT2D eigenvalue weighted by atomic mass is 16.5. The van der Waals surface area contributed by atoms with Gasteiger partial charge in [-0.25, -0.2) is 14.8 Å². The van der Waals surface area contributed by atoms with E-state index in [2.05, 4.69) is 20.6 Å². The van der Waals surface area contributed by atoms with Crippen LogP contribution < -0.4 is 10.6 Å². The Kier molecular flexibility index (Phi) is 9.74. The molecule has 192 valence electrons. The summed E-state index contributed by atoms with van der Waals surface area (Å²) < 4.78 is 5.39. The predicted octanol–water partition coefficient (Wildman–Crippen LogP) is 4.76. The number of aromatic nitrogens is 2. The standard InChI is InChI=1S/C31H30N4O3/c36-30(34-27(21-24-11-4-1-5-12-24)17-18-29-32-19-10-20-33-29)28(22-25-13-6-2-7-14-25)35-31(37)38-23-26-15-8-3-9-16-26/h1-20,27-28H,21-23H2,(H,34,36)(H,35,37). The number of hydrogen-bond donors (Lipinski definition) is 2. The molecule has 2 unspecified atom stereocenters. The van der Waals surface area contributed by atoms with Crippen molar-refractivity contribution in [1.29, 1.82) is 0 Å². The summed E-state index contributed by atoms with van der Waals surface area (Å²) >= 11 is 0. The molecular weight excluding hydrogens is 476 g/mol. The van der Waals surface area contributed by atoms with Crippen LogP contribution >= 0.6 is 0 Å². The maximum Gasteiger partial charge on any atom is 0.408 e. The van der Waals surface area contributed by atoms with E-state index in [0.717, 1.165) is 16.7 Å². The van der Waals surface area contributed by atoms with Gasteiger partial charge in [-0.2, -0.15) is 0 Å². The maximum atomic E-state index is 13.5. The third-order valence-electron chi connectivity index (χ3n) is 5.79. The normalized spacial score (nSPS) is 12.4.